The van der Waals surface area contributed by atoms with Crippen LogP contribution < -0.4 is 5.32 Å². The first-order valence-corrected chi connectivity index (χ1v) is 4.99. The number of benzene rings is 1. The van der Waals surface area contributed by atoms with Gasteiger partial charge in [0.05, 0.1) is 6.33 Å². The molecule has 84 valence electrons. The highest BCUT2D eigenvalue weighted by molar-refractivity contribution is 5.84. The fraction of sp³-hybridized carbons (Fsp3) is 0. The maximum Gasteiger partial charge on any atom is 0.162 e. The van der Waals surface area contributed by atoms with Crippen molar-refractivity contribution in [2.24, 2.45) is 0 Å². The molecule has 0 aliphatic heterocycles. The minimum atomic E-state index is -0.303. The van der Waals surface area contributed by atoms with Gasteiger partial charge in [0.2, 0.25) is 0 Å². The third-order valence-electron chi connectivity index (χ3n) is 2.30. The summed E-state index contributed by atoms with van der Waals surface area (Å²) in [7, 11) is 0. The molecule has 0 unspecified atom stereocenters. The van der Waals surface area contributed by atoms with E-state index in [2.05, 4.69) is 25.3 Å². The number of aromatic amines is 1. The zero-order valence-electron chi connectivity index (χ0n) is 8.68. The van der Waals surface area contributed by atoms with Crippen LogP contribution in [0.2, 0.25) is 0 Å². The van der Waals surface area contributed by atoms with Gasteiger partial charge in [-0.2, -0.15) is 0 Å². The molecule has 1 aromatic carbocycles. The number of imidazole rings is 1. The Labute approximate surface area is 95.8 Å². The maximum absolute atomic E-state index is 13.0. The van der Waals surface area contributed by atoms with Crippen molar-refractivity contribution in [3.05, 3.63) is 42.7 Å². The van der Waals surface area contributed by atoms with Crippen molar-refractivity contribution in [1.29, 1.82) is 0 Å². The van der Waals surface area contributed by atoms with Crippen LogP contribution in [0, 0.1) is 5.82 Å². The summed E-state index contributed by atoms with van der Waals surface area (Å²) in [5.74, 6) is 0.240. The molecule has 0 aliphatic carbocycles. The van der Waals surface area contributed by atoms with E-state index >= 15 is 0 Å². The molecule has 0 fully saturated rings. The number of hydrogen-bond donors (Lipinski definition) is 2. The number of nitrogens with zero attached hydrogens (tertiary/aromatic N) is 3. The van der Waals surface area contributed by atoms with E-state index in [1.54, 1.807) is 12.1 Å². The average Bonchev–Trinajstić information content (AvgIpc) is 2.78. The fourth-order valence-electron chi connectivity index (χ4n) is 1.56. The van der Waals surface area contributed by atoms with E-state index in [9.17, 15) is 4.39 Å². The standard InChI is InChI=1S/C11H8FN5/c12-7-2-1-3-8(4-7)17-11-9-10(14-5-13-9)15-6-16-11/h1-6H,(H2,13,14,15,16,17). The summed E-state index contributed by atoms with van der Waals surface area (Å²) in [5, 5.41) is 3.00. The minimum absolute atomic E-state index is 0.303. The highest BCUT2D eigenvalue weighted by Crippen LogP contribution is 2.20. The van der Waals surface area contributed by atoms with E-state index in [-0.39, 0.29) is 5.82 Å². The number of hydrogen-bond acceptors (Lipinski definition) is 4. The second-order valence-corrected chi connectivity index (χ2v) is 3.46. The predicted octanol–water partition coefficient (Wildman–Crippen LogP) is 2.24. The van der Waals surface area contributed by atoms with Gasteiger partial charge in [-0.3, -0.25) is 0 Å². The van der Waals surface area contributed by atoms with Crippen LogP contribution in [-0.4, -0.2) is 19.9 Å². The van der Waals surface area contributed by atoms with Crippen LogP contribution in [0.5, 0.6) is 0 Å². The number of nitrogens with one attached hydrogen (secondary N) is 2. The Morgan fingerprint density at radius 1 is 1.18 bits per heavy atom. The fourth-order valence-corrected chi connectivity index (χ4v) is 1.56. The molecule has 2 aromatic heterocycles. The number of H-pyrrole nitrogens is 1. The first-order chi connectivity index (χ1) is 8.33. The quantitative estimate of drug-likeness (QED) is 0.707. The number of halogens is 1. The van der Waals surface area contributed by atoms with Gasteiger partial charge in [-0.25, -0.2) is 19.3 Å². The molecule has 17 heavy (non-hydrogen) atoms. The molecule has 3 aromatic rings. The Bertz CT molecular complexity index is 664. The summed E-state index contributed by atoms with van der Waals surface area (Å²) >= 11 is 0. The van der Waals surface area contributed by atoms with E-state index in [0.29, 0.717) is 22.7 Å². The van der Waals surface area contributed by atoms with Crippen molar-refractivity contribution in [2.45, 2.75) is 0 Å². The van der Waals surface area contributed by atoms with Crippen molar-refractivity contribution in [2.75, 3.05) is 5.32 Å². The predicted molar refractivity (Wildman–Crippen MR) is 61.4 cm³/mol. The Morgan fingerprint density at radius 2 is 2.12 bits per heavy atom. The monoisotopic (exact) mass is 229 g/mol. The molecule has 0 radical (unpaired) electrons. The molecule has 0 spiro atoms. The Morgan fingerprint density at radius 3 is 3.00 bits per heavy atom. The molecule has 6 heteroatoms. The van der Waals surface area contributed by atoms with E-state index < -0.39 is 0 Å². The minimum Gasteiger partial charge on any atom is -0.338 e. The highest BCUT2D eigenvalue weighted by Gasteiger charge is 2.06. The topological polar surface area (TPSA) is 66.5 Å². The zero-order chi connectivity index (χ0) is 11.7. The molecular formula is C11H8FN5. The third kappa shape index (κ3) is 1.80. The second kappa shape index (κ2) is 3.82. The van der Waals surface area contributed by atoms with E-state index in [1.807, 2.05) is 0 Å². The first kappa shape index (κ1) is 9.71. The van der Waals surface area contributed by atoms with Crippen LogP contribution in [0.25, 0.3) is 11.2 Å². The van der Waals surface area contributed by atoms with Crippen LogP contribution in [0.1, 0.15) is 0 Å². The molecule has 0 bridgehead atoms. The van der Waals surface area contributed by atoms with Gasteiger partial charge in [-0.15, -0.1) is 0 Å². The van der Waals surface area contributed by atoms with Gasteiger partial charge in [-0.05, 0) is 18.2 Å². The SMILES string of the molecule is Fc1cccc(Nc2ncnc3[nH]cnc23)c1. The van der Waals surface area contributed by atoms with Gasteiger partial charge in [0, 0.05) is 5.69 Å². The van der Waals surface area contributed by atoms with Crippen molar-refractivity contribution < 1.29 is 4.39 Å². The van der Waals surface area contributed by atoms with Crippen LogP contribution in [0.15, 0.2) is 36.9 Å². The molecule has 2 N–H and O–H groups in total. The van der Waals surface area contributed by atoms with Crippen molar-refractivity contribution >= 4 is 22.7 Å². The van der Waals surface area contributed by atoms with Crippen molar-refractivity contribution in [1.82, 2.24) is 19.9 Å². The first-order valence-electron chi connectivity index (χ1n) is 4.99. The lowest BCUT2D eigenvalue weighted by atomic mass is 10.3. The average molecular weight is 229 g/mol. The lowest BCUT2D eigenvalue weighted by Gasteiger charge is -2.05. The molecule has 5 nitrogen and oxygen atoms in total. The Balaban J connectivity index is 2.02. The largest absolute Gasteiger partial charge is 0.338 e. The lowest BCUT2D eigenvalue weighted by Crippen LogP contribution is -1.96. The summed E-state index contributed by atoms with van der Waals surface area (Å²) in [5.41, 5.74) is 1.88. The molecule has 0 saturated heterocycles. The van der Waals surface area contributed by atoms with Crippen LogP contribution in [0.3, 0.4) is 0 Å². The van der Waals surface area contributed by atoms with Gasteiger partial charge in [0.25, 0.3) is 0 Å². The van der Waals surface area contributed by atoms with Gasteiger partial charge in [0.15, 0.2) is 17.0 Å². The van der Waals surface area contributed by atoms with Crippen LogP contribution in [-0.2, 0) is 0 Å². The molecule has 0 atom stereocenters. The normalized spacial score (nSPS) is 10.6. The van der Waals surface area contributed by atoms with Crippen LogP contribution in [0.4, 0.5) is 15.9 Å². The van der Waals surface area contributed by atoms with Gasteiger partial charge < -0.3 is 10.3 Å². The van der Waals surface area contributed by atoms with Gasteiger partial charge in [0.1, 0.15) is 12.1 Å². The van der Waals surface area contributed by atoms with E-state index in [1.165, 1.54) is 24.8 Å². The zero-order valence-corrected chi connectivity index (χ0v) is 8.68. The summed E-state index contributed by atoms with van der Waals surface area (Å²) in [4.78, 5) is 15.1. The Hall–Kier alpha value is -2.50. The molecule has 0 saturated carbocycles. The Kier molecular flexibility index (Phi) is 2.18. The van der Waals surface area contributed by atoms with E-state index in [4.69, 9.17) is 0 Å². The second-order valence-electron chi connectivity index (χ2n) is 3.46. The number of rotatable bonds is 2. The number of aromatic nitrogens is 4. The van der Waals surface area contributed by atoms with Crippen molar-refractivity contribution in [3.8, 4) is 0 Å². The van der Waals surface area contributed by atoms with E-state index in [0.717, 1.165) is 0 Å². The smallest absolute Gasteiger partial charge is 0.162 e. The highest BCUT2D eigenvalue weighted by atomic mass is 19.1. The third-order valence-corrected chi connectivity index (χ3v) is 2.30. The summed E-state index contributed by atoms with van der Waals surface area (Å²) in [6, 6.07) is 6.15. The van der Waals surface area contributed by atoms with Gasteiger partial charge >= 0.3 is 0 Å². The maximum atomic E-state index is 13.0. The molecule has 2 heterocycles. The van der Waals surface area contributed by atoms with Crippen LogP contribution >= 0.6 is 0 Å². The lowest BCUT2D eigenvalue weighted by molar-refractivity contribution is 0.628. The number of fused-ring (bicyclic) bond motifs is 1. The summed E-state index contributed by atoms with van der Waals surface area (Å²) in [6.45, 7) is 0. The summed E-state index contributed by atoms with van der Waals surface area (Å²) < 4.78 is 13.0. The van der Waals surface area contributed by atoms with Gasteiger partial charge in [-0.1, -0.05) is 6.07 Å². The molecular weight excluding hydrogens is 221 g/mol. The molecule has 3 rings (SSSR count). The summed E-state index contributed by atoms with van der Waals surface area (Å²) in [6.07, 6.45) is 2.96. The van der Waals surface area contributed by atoms with Crippen molar-refractivity contribution in [3.63, 3.8) is 0 Å². The number of anilines is 2. The molecule has 0 amide bonds. The molecule has 0 aliphatic rings.